The molecule has 0 aliphatic rings. The maximum atomic E-state index is 7.88. The van der Waals surface area contributed by atoms with Crippen LogP contribution in [-0.2, 0) is 5.04 Å². The van der Waals surface area contributed by atoms with Crippen molar-refractivity contribution in [2.24, 2.45) is 0 Å². The molecule has 20 valence electrons. The van der Waals surface area contributed by atoms with E-state index in [9.17, 15) is 0 Å². The molecule has 0 fully saturated rings. The van der Waals surface area contributed by atoms with Gasteiger partial charge >= 0.3 is 45.5 Å². The monoisotopic (exact) mass is 136 g/mol. The van der Waals surface area contributed by atoms with Gasteiger partial charge in [-0.25, -0.2) is 0 Å². The van der Waals surface area contributed by atoms with Crippen molar-refractivity contribution < 1.29 is 15.6 Å². The summed E-state index contributed by atoms with van der Waals surface area (Å²) in [5, 5.41) is 17.5. The van der Waals surface area contributed by atoms with Crippen LogP contribution in [0.25, 0.3) is 0 Å². The van der Waals surface area contributed by atoms with E-state index >= 15 is 0 Å². The van der Waals surface area contributed by atoms with Crippen LogP contribution in [0.3, 0.4) is 0 Å². The van der Waals surface area contributed by atoms with Crippen LogP contribution in [-0.4, -0.2) is 45.5 Å². The Morgan fingerprint density at radius 3 is 1.25 bits per heavy atom. The summed E-state index contributed by atoms with van der Waals surface area (Å²) < 4.78 is 0. The van der Waals surface area contributed by atoms with Gasteiger partial charge in [-0.05, 0) is 0 Å². The van der Waals surface area contributed by atoms with Crippen LogP contribution in [0.2, 0.25) is 0 Å². The summed E-state index contributed by atoms with van der Waals surface area (Å²) in [4.78, 5) is 0. The van der Waals surface area contributed by atoms with Gasteiger partial charge in [0.1, 0.15) is 0 Å². The van der Waals surface area contributed by atoms with E-state index in [1.54, 1.807) is 5.04 Å². The van der Waals surface area contributed by atoms with Gasteiger partial charge in [-0.2, -0.15) is 0 Å². The van der Waals surface area contributed by atoms with Crippen molar-refractivity contribution in [2.45, 2.75) is 0 Å². The molecule has 3 nitrogen and oxygen atoms in total. The summed E-state index contributed by atoms with van der Waals surface area (Å²) in [6.07, 6.45) is 0. The van der Waals surface area contributed by atoms with E-state index in [1.807, 2.05) is 0 Å². The van der Waals surface area contributed by atoms with Crippen molar-refractivity contribution >= 4 is 45.5 Å². The van der Waals surface area contributed by atoms with Crippen LogP contribution in [0.5, 0.6) is 0 Å². The number of hydrogen-bond donors (Lipinski definition) is 0. The molecule has 0 rings (SSSR count). The Kier molecular flexibility index (Phi) is 19.9. The number of rotatable bonds is 0. The molecule has 0 aliphatic carbocycles. The second kappa shape index (κ2) is 8.84. The van der Waals surface area contributed by atoms with Gasteiger partial charge < -0.3 is 15.6 Å². The molecular weight excluding hydrogens is 136 g/mol. The van der Waals surface area contributed by atoms with Gasteiger partial charge in [-0.3, -0.25) is 0 Å². The van der Waals surface area contributed by atoms with Crippen molar-refractivity contribution in [3.63, 3.8) is 0 Å². The second-order valence-corrected chi connectivity index (χ2v) is 0.0680. The van der Waals surface area contributed by atoms with Crippen LogP contribution in [0.15, 0.2) is 0 Å². The van der Waals surface area contributed by atoms with Gasteiger partial charge in [0.05, 0.1) is 0 Å². The fourth-order valence-corrected chi connectivity index (χ4v) is 0. The van der Waals surface area contributed by atoms with Crippen LogP contribution >= 0.6 is 0 Å². The first-order valence-corrected chi connectivity index (χ1v) is 0.333. The molecule has 4 heavy (non-hydrogen) atoms. The molecule has 0 atom stereocenters. The molecule has 0 bridgehead atoms. The first kappa shape index (κ1) is 9.03. The first-order valence-electron chi connectivity index (χ1n) is 0.333. The molecule has 0 aromatic rings. The van der Waals surface area contributed by atoms with Gasteiger partial charge in [-0.1, -0.05) is 0 Å². The molecule has 0 aromatic heterocycles. The molecule has 0 spiro atoms. The zero-order chi connectivity index (χ0) is 2.71. The van der Waals surface area contributed by atoms with E-state index in [0.717, 1.165) is 0 Å². The Bertz CT molecular complexity index is 3.25. The molecular formula is O3Sr. The molecule has 0 aliphatic heterocycles. The minimum atomic E-state index is 0. The van der Waals surface area contributed by atoms with E-state index in [2.05, 4.69) is 0 Å². The summed E-state index contributed by atoms with van der Waals surface area (Å²) in [5.41, 5.74) is 0. The maximum absolute atomic E-state index is 7.88. The van der Waals surface area contributed by atoms with Crippen LogP contribution in [0, 0.1) is 0 Å². The Morgan fingerprint density at radius 1 is 1.25 bits per heavy atom. The van der Waals surface area contributed by atoms with Crippen LogP contribution in [0.4, 0.5) is 0 Å². The van der Waals surface area contributed by atoms with Crippen molar-refractivity contribution in [1.82, 2.24) is 0 Å². The Balaban J connectivity index is 0. The zero-order valence-corrected chi connectivity index (χ0v) is 5.41. The molecule has 4 heteroatoms. The minimum absolute atomic E-state index is 0. The van der Waals surface area contributed by atoms with Crippen LogP contribution < -0.4 is 10.5 Å². The van der Waals surface area contributed by atoms with Gasteiger partial charge in [0.25, 0.3) is 0 Å². The fourth-order valence-electron chi connectivity index (χ4n) is 0. The smallest absolute Gasteiger partial charge is 0.734 e. The molecule has 0 N–H and O–H groups in total. The SMILES string of the molecule is [O-]O[O-].[Sr+2]. The number of hydrogen-bond acceptors (Lipinski definition) is 3. The third-order valence-electron chi connectivity index (χ3n) is 0. The zero-order valence-electron chi connectivity index (χ0n) is 1.93. The normalized spacial score (nSPS) is 4.50. The fraction of sp³-hybridized carbons (Fsp3) is 0. The largest absolute Gasteiger partial charge is 2.00 e. The third kappa shape index (κ3) is 10.1. The van der Waals surface area contributed by atoms with E-state index in [4.69, 9.17) is 10.5 Å². The molecule has 0 saturated heterocycles. The van der Waals surface area contributed by atoms with Crippen LogP contribution in [0.1, 0.15) is 0 Å². The van der Waals surface area contributed by atoms with Crippen molar-refractivity contribution in [3.05, 3.63) is 0 Å². The van der Waals surface area contributed by atoms with E-state index in [0.29, 0.717) is 0 Å². The third-order valence-corrected chi connectivity index (χ3v) is 0. The minimum Gasteiger partial charge on any atom is -0.734 e. The average molecular weight is 136 g/mol. The van der Waals surface area contributed by atoms with E-state index in [1.165, 1.54) is 0 Å². The standard InChI is InChI=1S/H2O3.Sr/c1-3-2;/h1-2H;/q;+2/p-2. The molecule has 0 radical (unpaired) electrons. The maximum Gasteiger partial charge on any atom is 2.00 e. The first-order chi connectivity index (χ1) is 1.41. The Hall–Kier alpha value is 1.36. The van der Waals surface area contributed by atoms with E-state index in [-0.39, 0.29) is 45.5 Å². The van der Waals surface area contributed by atoms with Gasteiger partial charge in [0, 0.05) is 0 Å². The van der Waals surface area contributed by atoms with Crippen molar-refractivity contribution in [3.8, 4) is 0 Å². The average Bonchev–Trinajstić information content (AvgIpc) is 0.918. The van der Waals surface area contributed by atoms with E-state index < -0.39 is 0 Å². The Morgan fingerprint density at radius 2 is 1.25 bits per heavy atom. The summed E-state index contributed by atoms with van der Waals surface area (Å²) >= 11 is 0. The summed E-state index contributed by atoms with van der Waals surface area (Å²) in [6, 6.07) is 0. The summed E-state index contributed by atoms with van der Waals surface area (Å²) in [6.45, 7) is 0. The summed E-state index contributed by atoms with van der Waals surface area (Å²) in [5.74, 6) is 0. The molecule has 0 amide bonds. The quantitative estimate of drug-likeness (QED) is 0.205. The van der Waals surface area contributed by atoms with Gasteiger partial charge in [0.15, 0.2) is 0 Å². The van der Waals surface area contributed by atoms with Gasteiger partial charge in [-0.15, -0.1) is 0 Å². The topological polar surface area (TPSA) is 55.3 Å². The molecule has 0 saturated carbocycles. The molecule has 0 heterocycles. The molecule has 0 unspecified atom stereocenters. The Labute approximate surface area is 60.3 Å². The second-order valence-electron chi connectivity index (χ2n) is 0.0680. The molecule has 0 aromatic carbocycles. The van der Waals surface area contributed by atoms with Crippen molar-refractivity contribution in [1.29, 1.82) is 0 Å². The van der Waals surface area contributed by atoms with Gasteiger partial charge in [0.2, 0.25) is 0 Å². The summed E-state index contributed by atoms with van der Waals surface area (Å²) in [7, 11) is 0. The van der Waals surface area contributed by atoms with Crippen molar-refractivity contribution in [2.75, 3.05) is 0 Å². The predicted molar refractivity (Wildman–Crippen MR) is 6.84 cm³/mol. The predicted octanol–water partition coefficient (Wildman–Crippen LogP) is -2.83.